The van der Waals surface area contributed by atoms with Crippen molar-refractivity contribution in [2.45, 2.75) is 57.5 Å². The number of nitrogens with zero attached hydrogens (tertiary/aromatic N) is 2. The minimum absolute atomic E-state index is 0.0130. The summed E-state index contributed by atoms with van der Waals surface area (Å²) in [4.78, 5) is 9.70. The summed E-state index contributed by atoms with van der Waals surface area (Å²) in [5, 5.41) is 0. The molecule has 6 heteroatoms. The van der Waals surface area contributed by atoms with E-state index < -0.39 is 8.07 Å². The summed E-state index contributed by atoms with van der Waals surface area (Å²) in [5.74, 6) is 3.50. The molecule has 0 radical (unpaired) electrons. The Balaban J connectivity index is 2.18. The van der Waals surface area contributed by atoms with E-state index >= 15 is 0 Å². The fourth-order valence-electron chi connectivity index (χ4n) is 4.09. The summed E-state index contributed by atoms with van der Waals surface area (Å²) in [6.45, 7) is 9.34. The van der Waals surface area contributed by atoms with E-state index in [-0.39, 0.29) is 12.1 Å². The lowest BCUT2D eigenvalue weighted by Crippen LogP contribution is -2.38. The molecule has 0 amide bonds. The first-order valence-corrected chi connectivity index (χ1v) is 13.5. The number of hydrogen-bond acceptors (Lipinski definition) is 4. The molecule has 1 fully saturated rings. The molecule has 0 spiro atoms. The van der Waals surface area contributed by atoms with Gasteiger partial charge in [-0.15, -0.1) is 0 Å². The fourth-order valence-corrected chi connectivity index (χ4v) is 9.69. The summed E-state index contributed by atoms with van der Waals surface area (Å²) in [6.07, 6.45) is 1.05. The van der Waals surface area contributed by atoms with Gasteiger partial charge in [0.25, 0.3) is 0 Å². The zero-order chi connectivity index (χ0) is 17.2. The van der Waals surface area contributed by atoms with Gasteiger partial charge in [-0.25, -0.2) is 9.98 Å². The minimum atomic E-state index is -1.03. The van der Waals surface area contributed by atoms with E-state index in [1.807, 2.05) is 0 Å². The summed E-state index contributed by atoms with van der Waals surface area (Å²) >= 11 is 2.55. The van der Waals surface area contributed by atoms with E-state index in [1.165, 1.54) is 16.5 Å². The van der Waals surface area contributed by atoms with Crippen LogP contribution in [0.3, 0.4) is 0 Å². The molecule has 0 N–H and O–H groups in total. The van der Waals surface area contributed by atoms with Gasteiger partial charge in [-0.05, 0) is 24.2 Å². The summed E-state index contributed by atoms with van der Waals surface area (Å²) in [5.41, 5.74) is 0. The topological polar surface area (TPSA) is 43.2 Å². The van der Waals surface area contributed by atoms with E-state index in [4.69, 9.17) is 19.5 Å². The molecule has 0 bridgehead atoms. The highest BCUT2D eigenvalue weighted by Crippen LogP contribution is 2.43. The molecule has 0 unspecified atom stereocenters. The second kappa shape index (κ2) is 7.85. The zero-order valence-electron chi connectivity index (χ0n) is 15.3. The third kappa shape index (κ3) is 4.49. The predicted octanol–water partition coefficient (Wildman–Crippen LogP) is 4.26. The lowest BCUT2D eigenvalue weighted by molar-refractivity contribution is 0.316. The highest BCUT2D eigenvalue weighted by Gasteiger charge is 2.42. The van der Waals surface area contributed by atoms with Crippen molar-refractivity contribution in [3.8, 4) is 0 Å². The van der Waals surface area contributed by atoms with Crippen LogP contribution in [0.4, 0.5) is 0 Å². The van der Waals surface area contributed by atoms with Crippen LogP contribution in [0.15, 0.2) is 9.98 Å². The molecule has 4 atom stereocenters. The Hall–Kier alpha value is -0.113. The maximum Gasteiger partial charge on any atom is 0.209 e. The number of halogens is 1. The quantitative estimate of drug-likeness (QED) is 0.365. The molecule has 23 heavy (non-hydrogen) atoms. The Labute approximate surface area is 155 Å². The first-order valence-electron chi connectivity index (χ1n) is 8.60. The fraction of sp³-hybridized carbons (Fsp3) is 0.882. The van der Waals surface area contributed by atoms with Gasteiger partial charge in [-0.1, -0.05) is 61.6 Å². The van der Waals surface area contributed by atoms with Gasteiger partial charge in [0.1, 0.15) is 12.1 Å². The summed E-state index contributed by atoms with van der Waals surface area (Å²) in [7, 11) is 2.40. The smallest absolute Gasteiger partial charge is 0.209 e. The van der Waals surface area contributed by atoms with Crippen molar-refractivity contribution in [2.24, 2.45) is 27.7 Å². The molecule has 2 aliphatic rings. The number of hydrogen-bond donors (Lipinski definition) is 0. The SMILES string of the molecule is COC1=N[C@H](C(C)C)C(OC)=N[C@H]1C[C@@H]1C[Si](C)(C)C[C@H]1CI. The zero-order valence-corrected chi connectivity index (χ0v) is 18.5. The van der Waals surface area contributed by atoms with E-state index in [1.54, 1.807) is 14.2 Å². The van der Waals surface area contributed by atoms with Crippen LogP contribution < -0.4 is 0 Å². The van der Waals surface area contributed by atoms with Crippen LogP contribution in [0.1, 0.15) is 20.3 Å². The van der Waals surface area contributed by atoms with Crippen molar-refractivity contribution in [1.82, 2.24) is 0 Å². The normalized spacial score (nSPS) is 33.4. The average molecular weight is 450 g/mol. The van der Waals surface area contributed by atoms with Gasteiger partial charge in [-0.3, -0.25) is 0 Å². The number of alkyl halides is 1. The van der Waals surface area contributed by atoms with Crippen molar-refractivity contribution in [3.63, 3.8) is 0 Å². The molecule has 2 aliphatic heterocycles. The van der Waals surface area contributed by atoms with Crippen molar-refractivity contribution >= 4 is 42.5 Å². The molecule has 4 nitrogen and oxygen atoms in total. The lowest BCUT2D eigenvalue weighted by Gasteiger charge is -2.29. The standard InChI is InChI=1S/C17H31IN2O2Si/c1-11(2)15-17(22-4)19-14(16(20-15)21-3)7-12-9-23(5,6)10-13(12)8-18/h11-15H,7-10H2,1-6H3/t12-,13-,14+,15-/m1/s1. The van der Waals surface area contributed by atoms with Crippen molar-refractivity contribution in [1.29, 1.82) is 0 Å². The molecule has 0 aromatic carbocycles. The number of methoxy groups -OCH3 is 2. The minimum Gasteiger partial charge on any atom is -0.483 e. The first-order chi connectivity index (χ1) is 10.8. The molecule has 2 heterocycles. The first kappa shape index (κ1) is 19.2. The van der Waals surface area contributed by atoms with Gasteiger partial charge in [0.05, 0.1) is 14.2 Å². The van der Waals surface area contributed by atoms with Crippen LogP contribution in [0, 0.1) is 17.8 Å². The molecular weight excluding hydrogens is 419 g/mol. The van der Waals surface area contributed by atoms with E-state index in [2.05, 4.69) is 49.5 Å². The number of rotatable bonds is 4. The molecule has 0 aliphatic carbocycles. The Morgan fingerprint density at radius 2 is 1.70 bits per heavy atom. The highest BCUT2D eigenvalue weighted by atomic mass is 127. The van der Waals surface area contributed by atoms with Gasteiger partial charge >= 0.3 is 0 Å². The van der Waals surface area contributed by atoms with Crippen LogP contribution in [0.2, 0.25) is 25.2 Å². The van der Waals surface area contributed by atoms with Gasteiger partial charge in [0.15, 0.2) is 0 Å². The Morgan fingerprint density at radius 3 is 2.22 bits per heavy atom. The highest BCUT2D eigenvalue weighted by molar-refractivity contribution is 14.1. The Bertz CT molecular complexity index is 479. The van der Waals surface area contributed by atoms with Gasteiger partial charge in [0, 0.05) is 12.5 Å². The van der Waals surface area contributed by atoms with E-state index in [9.17, 15) is 0 Å². The van der Waals surface area contributed by atoms with Crippen LogP contribution in [-0.4, -0.2) is 50.6 Å². The molecule has 132 valence electrons. The summed E-state index contributed by atoms with van der Waals surface area (Å²) < 4.78 is 12.4. The summed E-state index contributed by atoms with van der Waals surface area (Å²) in [6, 6.07) is 2.87. The van der Waals surface area contributed by atoms with Crippen LogP contribution >= 0.6 is 22.6 Å². The van der Waals surface area contributed by atoms with E-state index in [0.29, 0.717) is 5.92 Å². The second-order valence-electron chi connectivity index (χ2n) is 8.03. The van der Waals surface area contributed by atoms with Gasteiger partial charge in [0.2, 0.25) is 11.8 Å². The van der Waals surface area contributed by atoms with Gasteiger partial charge in [-0.2, -0.15) is 0 Å². The largest absolute Gasteiger partial charge is 0.483 e. The maximum absolute atomic E-state index is 5.60. The van der Waals surface area contributed by atoms with Crippen molar-refractivity contribution < 1.29 is 9.47 Å². The number of aliphatic imine (C=N–C) groups is 2. The third-order valence-electron chi connectivity index (χ3n) is 5.16. The predicted molar refractivity (Wildman–Crippen MR) is 109 cm³/mol. The average Bonchev–Trinajstić information content (AvgIpc) is 2.80. The maximum atomic E-state index is 5.60. The number of ether oxygens (including phenoxy) is 2. The third-order valence-corrected chi connectivity index (χ3v) is 9.55. The second-order valence-corrected chi connectivity index (χ2v) is 14.1. The van der Waals surface area contributed by atoms with Crippen LogP contribution in [0.5, 0.6) is 0 Å². The monoisotopic (exact) mass is 450 g/mol. The molecule has 0 aromatic rings. The van der Waals surface area contributed by atoms with Crippen molar-refractivity contribution in [2.75, 3.05) is 18.6 Å². The van der Waals surface area contributed by atoms with Crippen LogP contribution in [-0.2, 0) is 9.47 Å². The Morgan fingerprint density at radius 1 is 1.09 bits per heavy atom. The van der Waals surface area contributed by atoms with Crippen LogP contribution in [0.25, 0.3) is 0 Å². The molecule has 0 saturated carbocycles. The Kier molecular flexibility index (Phi) is 6.55. The lowest BCUT2D eigenvalue weighted by atomic mass is 9.90. The molecule has 1 saturated heterocycles. The molecular formula is C17H31IN2O2Si. The molecule has 2 rings (SSSR count). The van der Waals surface area contributed by atoms with Gasteiger partial charge < -0.3 is 9.47 Å². The van der Waals surface area contributed by atoms with E-state index in [0.717, 1.165) is 30.1 Å². The van der Waals surface area contributed by atoms with Crippen molar-refractivity contribution in [3.05, 3.63) is 0 Å². The molecule has 0 aromatic heterocycles.